The molecule has 1 N–H and O–H groups in total. The zero-order valence-corrected chi connectivity index (χ0v) is 13.0. The Morgan fingerprint density at radius 2 is 2.00 bits per heavy atom. The van der Waals surface area contributed by atoms with E-state index >= 15 is 0 Å². The van der Waals surface area contributed by atoms with Crippen molar-refractivity contribution in [3.8, 4) is 5.75 Å². The van der Waals surface area contributed by atoms with Gasteiger partial charge in [0.2, 0.25) is 0 Å². The number of benzene rings is 1. The molecule has 0 aliphatic carbocycles. The van der Waals surface area contributed by atoms with Crippen LogP contribution in [0.2, 0.25) is 5.02 Å². The molecule has 1 atom stereocenters. The molecule has 1 aromatic carbocycles. The largest absolute Gasteiger partial charge is 0.495 e. The van der Waals surface area contributed by atoms with E-state index in [4.69, 9.17) is 16.3 Å². The Hall–Kier alpha value is -1.10. The fourth-order valence-corrected chi connectivity index (χ4v) is 3.06. The highest BCUT2D eigenvalue weighted by Gasteiger charge is 2.19. The number of nitrogens with zero attached hydrogens (tertiary/aromatic N) is 1. The lowest BCUT2D eigenvalue weighted by atomic mass is 9.99. The molecule has 0 spiro atoms. The van der Waals surface area contributed by atoms with Crippen molar-refractivity contribution in [3.63, 3.8) is 0 Å². The number of aromatic nitrogens is 1. The average molecular weight is 342 g/mol. The van der Waals surface area contributed by atoms with Crippen LogP contribution in [0.1, 0.15) is 17.2 Å². The lowest BCUT2D eigenvalue weighted by Crippen LogP contribution is -2.18. The van der Waals surface area contributed by atoms with E-state index in [1.807, 2.05) is 31.3 Å². The quantitative estimate of drug-likeness (QED) is 0.918. The van der Waals surface area contributed by atoms with Crippen molar-refractivity contribution in [1.82, 2.24) is 10.3 Å². The molecule has 1 unspecified atom stereocenters. The third-order valence-electron chi connectivity index (χ3n) is 2.88. The summed E-state index contributed by atoms with van der Waals surface area (Å²) in [6, 6.07) is 7.66. The van der Waals surface area contributed by atoms with Crippen molar-refractivity contribution < 1.29 is 4.74 Å². The molecule has 0 saturated heterocycles. The van der Waals surface area contributed by atoms with E-state index in [0.717, 1.165) is 21.3 Å². The van der Waals surface area contributed by atoms with Crippen molar-refractivity contribution in [2.45, 2.75) is 6.04 Å². The number of rotatable bonds is 4. The molecule has 1 heterocycles. The molecule has 2 aromatic rings. The van der Waals surface area contributed by atoms with Crippen LogP contribution in [0, 0.1) is 0 Å². The zero-order chi connectivity index (χ0) is 13.8. The highest BCUT2D eigenvalue weighted by Crippen LogP contribution is 2.37. The number of methoxy groups -OCH3 is 1. The van der Waals surface area contributed by atoms with Crippen molar-refractivity contribution >= 4 is 27.5 Å². The molecule has 0 bridgehead atoms. The maximum absolute atomic E-state index is 6.14. The Morgan fingerprint density at radius 1 is 1.32 bits per heavy atom. The average Bonchev–Trinajstić information content (AvgIpc) is 2.40. The lowest BCUT2D eigenvalue weighted by molar-refractivity contribution is 0.402. The van der Waals surface area contributed by atoms with Gasteiger partial charge in [0.25, 0.3) is 0 Å². The van der Waals surface area contributed by atoms with E-state index in [1.54, 1.807) is 19.5 Å². The van der Waals surface area contributed by atoms with Gasteiger partial charge in [0, 0.05) is 23.0 Å². The summed E-state index contributed by atoms with van der Waals surface area (Å²) in [6.45, 7) is 0. The smallest absolute Gasteiger partial charge is 0.138 e. The Balaban J connectivity index is 2.55. The standard InChI is InChI=1S/C14H14BrClN2O/c1-17-13(9-3-5-18-6-4-9)11-7-10(16)8-12(15)14(11)19-2/h3-8,13,17H,1-2H3. The van der Waals surface area contributed by atoms with Crippen LogP contribution in [0.4, 0.5) is 0 Å². The monoisotopic (exact) mass is 340 g/mol. The van der Waals surface area contributed by atoms with Crippen LogP contribution in [-0.2, 0) is 0 Å². The number of pyridine rings is 1. The van der Waals surface area contributed by atoms with Crippen molar-refractivity contribution in [2.75, 3.05) is 14.2 Å². The highest BCUT2D eigenvalue weighted by molar-refractivity contribution is 9.10. The van der Waals surface area contributed by atoms with E-state index < -0.39 is 0 Å². The number of halogens is 2. The fraction of sp³-hybridized carbons (Fsp3) is 0.214. The minimum atomic E-state index is -0.00653. The molecular weight excluding hydrogens is 328 g/mol. The minimum absolute atomic E-state index is 0.00653. The van der Waals surface area contributed by atoms with Crippen LogP contribution >= 0.6 is 27.5 Å². The predicted octanol–water partition coefficient (Wildman–Crippen LogP) is 3.81. The topological polar surface area (TPSA) is 34.2 Å². The van der Waals surface area contributed by atoms with E-state index in [2.05, 4.69) is 26.2 Å². The SMILES string of the molecule is CNC(c1ccncc1)c1cc(Cl)cc(Br)c1OC. The first-order chi connectivity index (χ1) is 9.17. The summed E-state index contributed by atoms with van der Waals surface area (Å²) in [4.78, 5) is 4.04. The van der Waals surface area contributed by atoms with Gasteiger partial charge in [-0.3, -0.25) is 4.98 Å². The molecule has 0 aliphatic rings. The van der Waals surface area contributed by atoms with E-state index in [-0.39, 0.29) is 6.04 Å². The molecule has 2 rings (SSSR count). The molecule has 0 amide bonds. The van der Waals surface area contributed by atoms with Crippen molar-refractivity contribution in [2.24, 2.45) is 0 Å². The number of hydrogen-bond donors (Lipinski definition) is 1. The summed E-state index contributed by atoms with van der Waals surface area (Å²) >= 11 is 9.62. The van der Waals surface area contributed by atoms with Gasteiger partial charge < -0.3 is 10.1 Å². The molecular formula is C14H14BrClN2O. The van der Waals surface area contributed by atoms with Crippen LogP contribution in [0.5, 0.6) is 5.75 Å². The first-order valence-corrected chi connectivity index (χ1v) is 6.94. The first-order valence-electron chi connectivity index (χ1n) is 5.77. The lowest BCUT2D eigenvalue weighted by Gasteiger charge is -2.21. The highest BCUT2D eigenvalue weighted by atomic mass is 79.9. The number of ether oxygens (including phenoxy) is 1. The van der Waals surface area contributed by atoms with Gasteiger partial charge in [-0.2, -0.15) is 0 Å². The third kappa shape index (κ3) is 3.08. The number of hydrogen-bond acceptors (Lipinski definition) is 3. The van der Waals surface area contributed by atoms with Crippen LogP contribution in [-0.4, -0.2) is 19.1 Å². The van der Waals surface area contributed by atoms with Gasteiger partial charge in [-0.1, -0.05) is 11.6 Å². The van der Waals surface area contributed by atoms with Gasteiger partial charge in [-0.15, -0.1) is 0 Å². The first kappa shape index (κ1) is 14.3. The van der Waals surface area contributed by atoms with E-state index in [1.165, 1.54) is 0 Å². The molecule has 0 aliphatic heterocycles. The molecule has 1 aromatic heterocycles. The normalized spacial score (nSPS) is 12.2. The van der Waals surface area contributed by atoms with Gasteiger partial charge >= 0.3 is 0 Å². The maximum Gasteiger partial charge on any atom is 0.138 e. The molecule has 3 nitrogen and oxygen atoms in total. The van der Waals surface area contributed by atoms with Gasteiger partial charge in [0.05, 0.1) is 17.6 Å². The maximum atomic E-state index is 6.14. The van der Waals surface area contributed by atoms with Gasteiger partial charge in [-0.05, 0) is 52.8 Å². The molecule has 0 fully saturated rings. The summed E-state index contributed by atoms with van der Waals surface area (Å²) in [6.07, 6.45) is 3.54. The third-order valence-corrected chi connectivity index (χ3v) is 3.69. The van der Waals surface area contributed by atoms with Crippen molar-refractivity contribution in [3.05, 3.63) is 57.3 Å². The summed E-state index contributed by atoms with van der Waals surface area (Å²) in [5.74, 6) is 0.778. The molecule has 100 valence electrons. The Labute approximate surface area is 126 Å². The van der Waals surface area contributed by atoms with Crippen LogP contribution in [0.3, 0.4) is 0 Å². The van der Waals surface area contributed by atoms with E-state index in [9.17, 15) is 0 Å². The Morgan fingerprint density at radius 3 is 2.58 bits per heavy atom. The Bertz CT molecular complexity index is 563. The molecule has 0 radical (unpaired) electrons. The van der Waals surface area contributed by atoms with Gasteiger partial charge in [0.15, 0.2) is 0 Å². The minimum Gasteiger partial charge on any atom is -0.495 e. The summed E-state index contributed by atoms with van der Waals surface area (Å²) in [5.41, 5.74) is 2.08. The Kier molecular flexibility index (Phi) is 4.80. The fourth-order valence-electron chi connectivity index (χ4n) is 2.07. The molecule has 5 heteroatoms. The summed E-state index contributed by atoms with van der Waals surface area (Å²) in [7, 11) is 3.55. The van der Waals surface area contributed by atoms with E-state index in [0.29, 0.717) is 5.02 Å². The van der Waals surface area contributed by atoms with Gasteiger partial charge in [0.1, 0.15) is 5.75 Å². The second-order valence-electron chi connectivity index (χ2n) is 4.01. The number of nitrogens with one attached hydrogen (secondary N) is 1. The molecule has 0 saturated carbocycles. The summed E-state index contributed by atoms with van der Waals surface area (Å²) in [5, 5.41) is 3.94. The van der Waals surface area contributed by atoms with Crippen LogP contribution in [0.25, 0.3) is 0 Å². The predicted molar refractivity (Wildman–Crippen MR) is 80.8 cm³/mol. The summed E-state index contributed by atoms with van der Waals surface area (Å²) < 4.78 is 6.31. The van der Waals surface area contributed by atoms with Crippen LogP contribution in [0.15, 0.2) is 41.1 Å². The van der Waals surface area contributed by atoms with Crippen molar-refractivity contribution in [1.29, 1.82) is 0 Å². The second kappa shape index (κ2) is 6.37. The van der Waals surface area contributed by atoms with Gasteiger partial charge in [-0.25, -0.2) is 0 Å². The second-order valence-corrected chi connectivity index (χ2v) is 5.30. The van der Waals surface area contributed by atoms with Crippen LogP contribution < -0.4 is 10.1 Å². The zero-order valence-electron chi connectivity index (χ0n) is 10.7. The molecule has 19 heavy (non-hydrogen) atoms.